The molecule has 1 N–H and O–H groups in total. The molecule has 1 unspecified atom stereocenters. The molecule has 0 spiro atoms. The zero-order chi connectivity index (χ0) is 26.7. The third-order valence-corrected chi connectivity index (χ3v) is 7.18. The van der Waals surface area contributed by atoms with E-state index in [0.717, 1.165) is 41.0 Å². The van der Waals surface area contributed by atoms with Gasteiger partial charge in [0.15, 0.2) is 0 Å². The van der Waals surface area contributed by atoms with Gasteiger partial charge < -0.3 is 15.0 Å². The van der Waals surface area contributed by atoms with Gasteiger partial charge in [0.1, 0.15) is 18.3 Å². The molecule has 0 saturated carbocycles. The highest BCUT2D eigenvalue weighted by atomic mass is 32.2. The van der Waals surface area contributed by atoms with Gasteiger partial charge in [-0.25, -0.2) is 8.42 Å². The van der Waals surface area contributed by atoms with Gasteiger partial charge in [0.2, 0.25) is 21.8 Å². The lowest BCUT2D eigenvalue weighted by atomic mass is 10.1. The number of sulfonamides is 1. The average Bonchev–Trinajstić information content (AvgIpc) is 2.87. The molecule has 0 fully saturated rings. The van der Waals surface area contributed by atoms with Crippen molar-refractivity contribution in [1.29, 1.82) is 0 Å². The molecule has 198 valence electrons. The lowest BCUT2D eigenvalue weighted by Crippen LogP contribution is -2.52. The fourth-order valence-electron chi connectivity index (χ4n) is 3.86. The van der Waals surface area contributed by atoms with Crippen LogP contribution < -0.4 is 14.4 Å². The zero-order valence-corrected chi connectivity index (χ0v) is 22.8. The van der Waals surface area contributed by atoms with Crippen LogP contribution in [-0.2, 0) is 32.6 Å². The van der Waals surface area contributed by atoms with Gasteiger partial charge >= 0.3 is 0 Å². The van der Waals surface area contributed by atoms with Crippen molar-refractivity contribution in [2.45, 2.75) is 59.0 Å². The maximum atomic E-state index is 13.7. The highest BCUT2D eigenvalue weighted by molar-refractivity contribution is 7.92. The molecular formula is C27H39N3O5S. The van der Waals surface area contributed by atoms with Crippen LogP contribution in [0, 0.1) is 0 Å². The van der Waals surface area contributed by atoms with Crippen molar-refractivity contribution in [3.8, 4) is 5.75 Å². The number of benzene rings is 2. The van der Waals surface area contributed by atoms with Gasteiger partial charge in [-0.2, -0.15) is 0 Å². The Labute approximate surface area is 215 Å². The first-order valence-corrected chi connectivity index (χ1v) is 14.3. The number of hydrogen-bond donors (Lipinski definition) is 1. The minimum Gasteiger partial charge on any atom is -0.497 e. The third kappa shape index (κ3) is 8.26. The molecule has 9 heteroatoms. The molecule has 0 heterocycles. The average molecular weight is 518 g/mol. The first-order chi connectivity index (χ1) is 17.1. The number of unbranched alkanes of at least 4 members (excludes halogenated alkanes) is 1. The number of carbonyl (C=O) groups excluding carboxylic acids is 2. The van der Waals surface area contributed by atoms with E-state index in [1.165, 1.54) is 4.90 Å². The lowest BCUT2D eigenvalue weighted by Gasteiger charge is -2.33. The summed E-state index contributed by atoms with van der Waals surface area (Å²) in [5, 5.41) is 2.92. The predicted octanol–water partition coefficient (Wildman–Crippen LogP) is 3.75. The van der Waals surface area contributed by atoms with Crippen LogP contribution in [0.1, 0.15) is 51.2 Å². The molecule has 0 bridgehead atoms. The van der Waals surface area contributed by atoms with Crippen molar-refractivity contribution < 1.29 is 22.7 Å². The standard InChI is InChI=1S/C27H39N3O5S/c1-6-9-18-28-27(32)25(8-3)29(19-22-12-16-24(35-4)17-13-22)26(31)20-30(36(5,33)34)23-14-10-21(7-2)11-15-23/h10-17,25H,6-9,18-20H2,1-5H3,(H,28,32). The molecule has 0 aliphatic rings. The third-order valence-electron chi connectivity index (χ3n) is 6.04. The summed E-state index contributed by atoms with van der Waals surface area (Å²) in [6.07, 6.45) is 4.06. The maximum absolute atomic E-state index is 13.7. The van der Waals surface area contributed by atoms with Gasteiger partial charge in [-0.1, -0.05) is 51.5 Å². The molecule has 0 saturated heterocycles. The van der Waals surface area contributed by atoms with E-state index in [1.54, 1.807) is 31.4 Å². The number of anilines is 1. The quantitative estimate of drug-likeness (QED) is 0.385. The van der Waals surface area contributed by atoms with Crippen molar-refractivity contribution in [2.24, 2.45) is 0 Å². The Bertz CT molecular complexity index is 1090. The molecule has 0 radical (unpaired) electrons. The SMILES string of the molecule is CCCCNC(=O)C(CC)N(Cc1ccc(OC)cc1)C(=O)CN(c1ccc(CC)cc1)S(C)(=O)=O. The fourth-order valence-corrected chi connectivity index (χ4v) is 4.71. The van der Waals surface area contributed by atoms with E-state index < -0.39 is 28.5 Å². The Kier molecular flexibility index (Phi) is 11.2. The Morgan fingerprint density at radius 1 is 0.972 bits per heavy atom. The minimum absolute atomic E-state index is 0.162. The molecule has 2 rings (SSSR count). The number of carbonyl (C=O) groups is 2. The molecule has 0 aliphatic heterocycles. The number of nitrogens with zero attached hydrogens (tertiary/aromatic N) is 2. The Morgan fingerprint density at radius 2 is 1.58 bits per heavy atom. The van der Waals surface area contributed by atoms with E-state index >= 15 is 0 Å². The van der Waals surface area contributed by atoms with Gasteiger partial charge in [0.05, 0.1) is 19.1 Å². The zero-order valence-electron chi connectivity index (χ0n) is 22.0. The van der Waals surface area contributed by atoms with E-state index in [-0.39, 0.29) is 12.5 Å². The molecule has 2 aromatic rings. The van der Waals surface area contributed by atoms with Crippen LogP contribution in [0.25, 0.3) is 0 Å². The molecule has 36 heavy (non-hydrogen) atoms. The number of rotatable bonds is 14. The smallest absolute Gasteiger partial charge is 0.244 e. The topological polar surface area (TPSA) is 96.0 Å². The largest absolute Gasteiger partial charge is 0.497 e. The summed E-state index contributed by atoms with van der Waals surface area (Å²) in [5.41, 5.74) is 2.28. The highest BCUT2D eigenvalue weighted by Crippen LogP contribution is 2.21. The van der Waals surface area contributed by atoms with Gasteiger partial charge in [0.25, 0.3) is 0 Å². The first-order valence-electron chi connectivity index (χ1n) is 12.4. The number of nitrogens with one attached hydrogen (secondary N) is 1. The minimum atomic E-state index is -3.75. The first kappa shape index (κ1) is 29.2. The van der Waals surface area contributed by atoms with Gasteiger partial charge in [-0.05, 0) is 54.7 Å². The summed E-state index contributed by atoms with van der Waals surface area (Å²) in [7, 11) is -2.17. The summed E-state index contributed by atoms with van der Waals surface area (Å²) >= 11 is 0. The van der Waals surface area contributed by atoms with Crippen molar-refractivity contribution >= 4 is 27.5 Å². The summed E-state index contributed by atoms with van der Waals surface area (Å²) < 4.78 is 31.7. The van der Waals surface area contributed by atoms with E-state index in [9.17, 15) is 18.0 Å². The van der Waals surface area contributed by atoms with Crippen LogP contribution in [0.2, 0.25) is 0 Å². The van der Waals surface area contributed by atoms with Crippen molar-refractivity contribution in [2.75, 3.05) is 30.8 Å². The molecule has 2 aromatic carbocycles. The van der Waals surface area contributed by atoms with Crippen LogP contribution in [-0.4, -0.2) is 57.6 Å². The number of methoxy groups -OCH3 is 1. The highest BCUT2D eigenvalue weighted by Gasteiger charge is 2.31. The number of amides is 2. The van der Waals surface area contributed by atoms with Gasteiger partial charge in [0, 0.05) is 13.1 Å². The molecule has 2 amide bonds. The molecule has 8 nitrogen and oxygen atoms in total. The fraction of sp³-hybridized carbons (Fsp3) is 0.481. The number of hydrogen-bond acceptors (Lipinski definition) is 5. The molecule has 0 aromatic heterocycles. The Morgan fingerprint density at radius 3 is 2.08 bits per heavy atom. The van der Waals surface area contributed by atoms with Crippen LogP contribution >= 0.6 is 0 Å². The molecule has 1 atom stereocenters. The summed E-state index contributed by atoms with van der Waals surface area (Å²) in [6.45, 7) is 6.18. The Hall–Kier alpha value is -3.07. The molecule has 0 aliphatic carbocycles. The van der Waals surface area contributed by atoms with E-state index in [0.29, 0.717) is 24.4 Å². The van der Waals surface area contributed by atoms with Crippen LogP contribution in [0.5, 0.6) is 5.75 Å². The van der Waals surface area contributed by atoms with Crippen molar-refractivity contribution in [3.05, 3.63) is 59.7 Å². The van der Waals surface area contributed by atoms with Gasteiger partial charge in [-0.3, -0.25) is 13.9 Å². The second-order valence-electron chi connectivity index (χ2n) is 8.73. The van der Waals surface area contributed by atoms with Crippen molar-refractivity contribution in [3.63, 3.8) is 0 Å². The number of aryl methyl sites for hydroxylation is 1. The summed E-state index contributed by atoms with van der Waals surface area (Å²) in [6, 6.07) is 13.6. The monoisotopic (exact) mass is 517 g/mol. The van der Waals surface area contributed by atoms with E-state index in [2.05, 4.69) is 5.32 Å². The second-order valence-corrected chi connectivity index (χ2v) is 10.6. The van der Waals surface area contributed by atoms with Crippen LogP contribution in [0.3, 0.4) is 0 Å². The van der Waals surface area contributed by atoms with Crippen molar-refractivity contribution in [1.82, 2.24) is 10.2 Å². The van der Waals surface area contributed by atoms with E-state index in [1.807, 2.05) is 45.0 Å². The second kappa shape index (κ2) is 13.9. The van der Waals surface area contributed by atoms with Crippen LogP contribution in [0.15, 0.2) is 48.5 Å². The Balaban J connectivity index is 2.39. The van der Waals surface area contributed by atoms with Gasteiger partial charge in [-0.15, -0.1) is 0 Å². The molecular weight excluding hydrogens is 478 g/mol. The number of ether oxygens (including phenoxy) is 1. The van der Waals surface area contributed by atoms with Crippen LogP contribution in [0.4, 0.5) is 5.69 Å². The normalized spacial score (nSPS) is 12.0. The predicted molar refractivity (Wildman–Crippen MR) is 144 cm³/mol. The van der Waals surface area contributed by atoms with E-state index in [4.69, 9.17) is 4.74 Å². The lowest BCUT2D eigenvalue weighted by molar-refractivity contribution is -0.140. The summed E-state index contributed by atoms with van der Waals surface area (Å²) in [4.78, 5) is 28.2. The summed E-state index contributed by atoms with van der Waals surface area (Å²) in [5.74, 6) is -0.0147. The maximum Gasteiger partial charge on any atom is 0.244 e.